The van der Waals surface area contributed by atoms with E-state index in [0.29, 0.717) is 25.5 Å². The number of carbonyl (C=O) groups is 1. The van der Waals surface area contributed by atoms with Crippen LogP contribution in [0.4, 0.5) is 4.39 Å². The van der Waals surface area contributed by atoms with Gasteiger partial charge in [-0.1, -0.05) is 12.1 Å². The fourth-order valence-electron chi connectivity index (χ4n) is 3.66. The van der Waals surface area contributed by atoms with Crippen LogP contribution in [0.15, 0.2) is 24.3 Å². The number of likely N-dealkylation sites (tertiary alicyclic amines) is 1. The summed E-state index contributed by atoms with van der Waals surface area (Å²) in [5, 5.41) is 0. The third-order valence-electron chi connectivity index (χ3n) is 5.16. The van der Waals surface area contributed by atoms with Gasteiger partial charge in [0.2, 0.25) is 5.91 Å². The second-order valence-electron chi connectivity index (χ2n) is 6.89. The molecule has 0 aliphatic carbocycles. The molecule has 2 atom stereocenters. The molecule has 0 aromatic heterocycles. The van der Waals surface area contributed by atoms with Crippen LogP contribution in [-0.4, -0.2) is 74.9 Å². The maximum atomic E-state index is 13.0. The Balaban J connectivity index is 1.53. The van der Waals surface area contributed by atoms with Crippen LogP contribution in [0.25, 0.3) is 0 Å². The number of methoxy groups -OCH3 is 1. The van der Waals surface area contributed by atoms with Gasteiger partial charge in [-0.25, -0.2) is 4.39 Å². The Labute approximate surface area is 148 Å². The first-order valence-electron chi connectivity index (χ1n) is 9.01. The van der Waals surface area contributed by atoms with Crippen molar-refractivity contribution in [3.05, 3.63) is 35.6 Å². The summed E-state index contributed by atoms with van der Waals surface area (Å²) in [5.74, 6) is 0.283. The van der Waals surface area contributed by atoms with Crippen molar-refractivity contribution in [2.24, 2.45) is 5.92 Å². The molecule has 2 aliphatic rings. The van der Waals surface area contributed by atoms with Crippen molar-refractivity contribution < 1.29 is 18.7 Å². The van der Waals surface area contributed by atoms with Gasteiger partial charge in [0.25, 0.3) is 0 Å². The van der Waals surface area contributed by atoms with Crippen LogP contribution in [0.1, 0.15) is 12.0 Å². The zero-order chi connectivity index (χ0) is 17.6. The molecule has 3 rings (SSSR count). The number of carbonyl (C=O) groups excluding carboxylic acids is 1. The van der Waals surface area contributed by atoms with E-state index < -0.39 is 0 Å². The van der Waals surface area contributed by atoms with E-state index in [1.807, 2.05) is 4.90 Å². The maximum Gasteiger partial charge on any atom is 0.227 e. The minimum absolute atomic E-state index is 0.0918. The molecular weight excluding hydrogens is 323 g/mol. The number of nitrogens with zero attached hydrogens (tertiary/aromatic N) is 2. The number of hydrogen-bond acceptors (Lipinski definition) is 4. The van der Waals surface area contributed by atoms with Crippen LogP contribution in [-0.2, 0) is 20.7 Å². The summed E-state index contributed by atoms with van der Waals surface area (Å²) in [7, 11) is 1.72. The number of fused-ring (bicyclic) bond motifs is 1. The van der Waals surface area contributed by atoms with Gasteiger partial charge in [0, 0.05) is 45.8 Å². The summed E-state index contributed by atoms with van der Waals surface area (Å²) in [6.45, 7) is 5.71. The van der Waals surface area contributed by atoms with Gasteiger partial charge >= 0.3 is 0 Å². The highest BCUT2D eigenvalue weighted by Gasteiger charge is 2.34. The second kappa shape index (κ2) is 8.74. The molecule has 0 unspecified atom stereocenters. The molecule has 0 spiro atoms. The second-order valence-corrected chi connectivity index (χ2v) is 6.89. The van der Waals surface area contributed by atoms with Gasteiger partial charge in [-0.05, 0) is 24.1 Å². The van der Waals surface area contributed by atoms with Crippen molar-refractivity contribution in [3.63, 3.8) is 0 Å². The number of rotatable bonds is 5. The van der Waals surface area contributed by atoms with Crippen LogP contribution < -0.4 is 0 Å². The molecule has 138 valence electrons. The molecule has 0 N–H and O–H groups in total. The topological polar surface area (TPSA) is 42.0 Å². The van der Waals surface area contributed by atoms with Crippen molar-refractivity contribution >= 4 is 5.91 Å². The Morgan fingerprint density at radius 3 is 2.84 bits per heavy atom. The molecule has 5 nitrogen and oxygen atoms in total. The number of amides is 1. The monoisotopic (exact) mass is 350 g/mol. The molecule has 0 radical (unpaired) electrons. The first-order valence-corrected chi connectivity index (χ1v) is 9.01. The molecule has 1 amide bonds. The Bertz CT molecular complexity index is 566. The molecule has 1 aromatic carbocycles. The molecule has 2 fully saturated rings. The molecule has 0 saturated carbocycles. The average molecular weight is 350 g/mol. The van der Waals surface area contributed by atoms with Crippen LogP contribution in [0.2, 0.25) is 0 Å². The van der Waals surface area contributed by atoms with E-state index >= 15 is 0 Å². The smallest absolute Gasteiger partial charge is 0.227 e. The number of ether oxygens (including phenoxy) is 2. The van der Waals surface area contributed by atoms with Gasteiger partial charge in [0.15, 0.2) is 0 Å². The van der Waals surface area contributed by atoms with Crippen LogP contribution >= 0.6 is 0 Å². The van der Waals surface area contributed by atoms with E-state index in [0.717, 1.165) is 44.8 Å². The standard InChI is InChI=1S/C19H27FN2O3/c1-24-10-8-21-9-11-25-18-14-22(7-6-16(18)13-21)19(23)12-15-2-4-17(20)5-3-15/h2-5,16,18H,6-14H2,1H3/t16-,18-/m0/s1. The SMILES string of the molecule is COCCN1CCO[C@H]2CN(C(=O)Cc3ccc(F)cc3)CC[C@H]2C1. The third kappa shape index (κ3) is 5.00. The highest BCUT2D eigenvalue weighted by molar-refractivity contribution is 5.78. The summed E-state index contributed by atoms with van der Waals surface area (Å²) in [6.07, 6.45) is 1.39. The summed E-state index contributed by atoms with van der Waals surface area (Å²) >= 11 is 0. The fraction of sp³-hybridized carbons (Fsp3) is 0.632. The van der Waals surface area contributed by atoms with Gasteiger partial charge in [-0.3, -0.25) is 9.69 Å². The van der Waals surface area contributed by atoms with E-state index in [1.165, 1.54) is 12.1 Å². The largest absolute Gasteiger partial charge is 0.383 e. The Morgan fingerprint density at radius 2 is 2.08 bits per heavy atom. The molecular formula is C19H27FN2O3. The number of benzene rings is 1. The van der Waals surface area contributed by atoms with Crippen molar-refractivity contribution in [1.82, 2.24) is 9.80 Å². The van der Waals surface area contributed by atoms with Crippen LogP contribution in [0, 0.1) is 11.7 Å². The lowest BCUT2D eigenvalue weighted by Gasteiger charge is -2.38. The summed E-state index contributed by atoms with van der Waals surface area (Å²) in [6, 6.07) is 6.15. The fourth-order valence-corrected chi connectivity index (χ4v) is 3.66. The molecule has 2 saturated heterocycles. The predicted octanol–water partition coefficient (Wildman–Crippen LogP) is 1.56. The number of piperidine rings is 1. The molecule has 1 aromatic rings. The quantitative estimate of drug-likeness (QED) is 0.808. The van der Waals surface area contributed by atoms with Gasteiger partial charge in [-0.15, -0.1) is 0 Å². The minimum Gasteiger partial charge on any atom is -0.383 e. The molecule has 25 heavy (non-hydrogen) atoms. The van der Waals surface area contributed by atoms with Crippen molar-refractivity contribution in [2.75, 3.05) is 53.0 Å². The Hall–Kier alpha value is -1.50. The minimum atomic E-state index is -0.276. The summed E-state index contributed by atoms with van der Waals surface area (Å²) in [4.78, 5) is 16.9. The van der Waals surface area contributed by atoms with E-state index in [4.69, 9.17) is 9.47 Å². The molecule has 6 heteroatoms. The van der Waals surface area contributed by atoms with E-state index in [-0.39, 0.29) is 17.8 Å². The average Bonchev–Trinajstić information content (AvgIpc) is 2.83. The first-order chi connectivity index (χ1) is 12.2. The predicted molar refractivity (Wildman–Crippen MR) is 92.8 cm³/mol. The zero-order valence-electron chi connectivity index (χ0n) is 14.8. The zero-order valence-corrected chi connectivity index (χ0v) is 14.8. The molecule has 2 heterocycles. The van der Waals surface area contributed by atoms with Crippen molar-refractivity contribution in [3.8, 4) is 0 Å². The highest BCUT2D eigenvalue weighted by atomic mass is 19.1. The highest BCUT2D eigenvalue weighted by Crippen LogP contribution is 2.24. The van der Waals surface area contributed by atoms with Gasteiger partial charge in [0.05, 0.1) is 25.7 Å². The lowest BCUT2D eigenvalue weighted by molar-refractivity contribution is -0.136. The van der Waals surface area contributed by atoms with E-state index in [1.54, 1.807) is 19.2 Å². The normalized spacial score (nSPS) is 24.6. The Kier molecular flexibility index (Phi) is 6.39. The summed E-state index contributed by atoms with van der Waals surface area (Å²) in [5.41, 5.74) is 0.848. The lowest BCUT2D eigenvalue weighted by Crippen LogP contribution is -2.49. The van der Waals surface area contributed by atoms with Gasteiger partial charge in [0.1, 0.15) is 5.82 Å². The van der Waals surface area contributed by atoms with E-state index in [9.17, 15) is 9.18 Å². The summed E-state index contributed by atoms with van der Waals surface area (Å²) < 4.78 is 24.2. The van der Waals surface area contributed by atoms with E-state index in [2.05, 4.69) is 4.90 Å². The Morgan fingerprint density at radius 1 is 1.28 bits per heavy atom. The molecule has 2 aliphatic heterocycles. The number of hydrogen-bond donors (Lipinski definition) is 0. The van der Waals surface area contributed by atoms with Gasteiger partial charge in [-0.2, -0.15) is 0 Å². The third-order valence-corrected chi connectivity index (χ3v) is 5.16. The lowest BCUT2D eigenvalue weighted by atomic mass is 9.93. The maximum absolute atomic E-state index is 13.0. The molecule has 0 bridgehead atoms. The van der Waals surface area contributed by atoms with Crippen LogP contribution in [0.3, 0.4) is 0 Å². The van der Waals surface area contributed by atoms with Crippen molar-refractivity contribution in [1.29, 1.82) is 0 Å². The van der Waals surface area contributed by atoms with Crippen molar-refractivity contribution in [2.45, 2.75) is 18.9 Å². The first kappa shape index (κ1) is 18.3. The number of halogens is 1. The van der Waals surface area contributed by atoms with Gasteiger partial charge < -0.3 is 14.4 Å². The van der Waals surface area contributed by atoms with Crippen LogP contribution in [0.5, 0.6) is 0 Å².